The van der Waals surface area contributed by atoms with Gasteiger partial charge in [0.1, 0.15) is 11.6 Å². The van der Waals surface area contributed by atoms with Gasteiger partial charge in [0.25, 0.3) is 0 Å². The number of benzene rings is 1. The minimum Gasteiger partial charge on any atom is -0.489 e. The molecular weight excluding hydrogens is 259 g/mol. The highest BCUT2D eigenvalue weighted by Crippen LogP contribution is 2.18. The van der Waals surface area contributed by atoms with Crippen molar-refractivity contribution in [2.45, 2.75) is 20.0 Å². The maximum Gasteiger partial charge on any atom is 0.194 e. The van der Waals surface area contributed by atoms with Crippen molar-refractivity contribution in [3.05, 3.63) is 53.6 Å². The number of ether oxygens (including phenoxy) is 1. The highest BCUT2D eigenvalue weighted by Gasteiger charge is 2.13. The first-order valence-corrected chi connectivity index (χ1v) is 6.19. The zero-order chi connectivity index (χ0) is 14.7. The van der Waals surface area contributed by atoms with Gasteiger partial charge in [0.2, 0.25) is 0 Å². The average Bonchev–Trinajstić information content (AvgIpc) is 2.40. The lowest BCUT2D eigenvalue weighted by Crippen LogP contribution is -2.08. The second-order valence-corrected chi connectivity index (χ2v) is 4.64. The van der Waals surface area contributed by atoms with Gasteiger partial charge in [0.05, 0.1) is 18.0 Å². The first-order valence-electron chi connectivity index (χ1n) is 6.19. The topological polar surface area (TPSA) is 65.2 Å². The molecule has 2 rings (SSSR count). The minimum absolute atomic E-state index is 0.0107. The van der Waals surface area contributed by atoms with Crippen LogP contribution in [-0.4, -0.2) is 16.9 Å². The number of nitrogens with two attached hydrogens (primary N) is 1. The molecule has 0 unspecified atom stereocenters. The van der Waals surface area contributed by atoms with Crippen LogP contribution in [0.2, 0.25) is 0 Å². The molecule has 1 aromatic heterocycles. The highest BCUT2D eigenvalue weighted by atomic mass is 19.1. The van der Waals surface area contributed by atoms with Gasteiger partial charge in [-0.05, 0) is 38.1 Å². The van der Waals surface area contributed by atoms with Gasteiger partial charge in [-0.15, -0.1) is 0 Å². The summed E-state index contributed by atoms with van der Waals surface area (Å²) in [5.41, 5.74) is 5.96. The third-order valence-corrected chi connectivity index (χ3v) is 2.61. The Hall–Kier alpha value is -2.43. The predicted molar refractivity (Wildman–Crippen MR) is 74.2 cm³/mol. The van der Waals surface area contributed by atoms with Crippen molar-refractivity contribution in [3.8, 4) is 5.75 Å². The number of halogens is 1. The van der Waals surface area contributed by atoms with Crippen molar-refractivity contribution in [2.24, 2.45) is 0 Å². The molecule has 5 heteroatoms. The van der Waals surface area contributed by atoms with Crippen LogP contribution in [0.4, 0.5) is 10.1 Å². The number of nitrogens with zero attached hydrogens (tertiary/aromatic N) is 1. The molecule has 0 atom stereocenters. The van der Waals surface area contributed by atoms with E-state index in [1.165, 1.54) is 24.5 Å². The van der Waals surface area contributed by atoms with Gasteiger partial charge in [0, 0.05) is 17.3 Å². The molecule has 1 heterocycles. The van der Waals surface area contributed by atoms with E-state index in [0.29, 0.717) is 11.3 Å². The molecule has 0 radical (unpaired) electrons. The lowest BCUT2D eigenvalue weighted by atomic mass is 10.0. The van der Waals surface area contributed by atoms with Crippen LogP contribution in [0.5, 0.6) is 5.75 Å². The van der Waals surface area contributed by atoms with Crippen LogP contribution in [0.1, 0.15) is 29.8 Å². The van der Waals surface area contributed by atoms with Crippen LogP contribution in [0.25, 0.3) is 0 Å². The van der Waals surface area contributed by atoms with Crippen molar-refractivity contribution in [2.75, 3.05) is 5.73 Å². The van der Waals surface area contributed by atoms with E-state index < -0.39 is 5.82 Å². The summed E-state index contributed by atoms with van der Waals surface area (Å²) in [6.07, 6.45) is 2.93. The second kappa shape index (κ2) is 5.69. The zero-order valence-electron chi connectivity index (χ0n) is 11.3. The fourth-order valence-electron chi connectivity index (χ4n) is 1.71. The van der Waals surface area contributed by atoms with E-state index in [4.69, 9.17) is 10.5 Å². The molecule has 104 valence electrons. The molecule has 2 N–H and O–H groups in total. The fraction of sp³-hybridized carbons (Fsp3) is 0.200. The summed E-state index contributed by atoms with van der Waals surface area (Å²) in [7, 11) is 0. The number of ketones is 1. The molecule has 0 aliphatic heterocycles. The van der Waals surface area contributed by atoms with Crippen molar-refractivity contribution >= 4 is 11.5 Å². The average molecular weight is 274 g/mol. The molecule has 0 spiro atoms. The summed E-state index contributed by atoms with van der Waals surface area (Å²) in [6.45, 7) is 3.76. The largest absolute Gasteiger partial charge is 0.489 e. The van der Waals surface area contributed by atoms with E-state index in [1.54, 1.807) is 6.07 Å². The molecular formula is C15H15FN2O2. The maximum absolute atomic E-state index is 13.4. The molecule has 20 heavy (non-hydrogen) atoms. The molecule has 0 bridgehead atoms. The number of aromatic nitrogens is 1. The first kappa shape index (κ1) is 14.0. The van der Waals surface area contributed by atoms with Gasteiger partial charge in [0.15, 0.2) is 5.78 Å². The quantitative estimate of drug-likeness (QED) is 0.687. The molecule has 0 aliphatic carbocycles. The SMILES string of the molecule is CC(C)Oc1cncc(C(=O)c2ccc(N)c(F)c2)c1. The molecule has 0 amide bonds. The zero-order valence-corrected chi connectivity index (χ0v) is 11.3. The van der Waals surface area contributed by atoms with Crippen LogP contribution in [0, 0.1) is 5.82 Å². The lowest BCUT2D eigenvalue weighted by Gasteiger charge is -2.10. The van der Waals surface area contributed by atoms with Crippen LogP contribution in [0.15, 0.2) is 36.7 Å². The Balaban J connectivity index is 2.30. The minimum atomic E-state index is -0.613. The first-order chi connectivity index (χ1) is 9.47. The molecule has 0 saturated carbocycles. The van der Waals surface area contributed by atoms with Crippen LogP contribution < -0.4 is 10.5 Å². The number of pyridine rings is 1. The third kappa shape index (κ3) is 3.12. The van der Waals surface area contributed by atoms with Crippen molar-refractivity contribution in [3.63, 3.8) is 0 Å². The van der Waals surface area contributed by atoms with E-state index in [2.05, 4.69) is 4.98 Å². The number of anilines is 1. The van der Waals surface area contributed by atoms with Crippen molar-refractivity contribution in [1.29, 1.82) is 0 Å². The Morgan fingerprint density at radius 1 is 1.25 bits per heavy atom. The summed E-state index contributed by atoms with van der Waals surface area (Å²) in [5.74, 6) is -0.439. The summed E-state index contributed by atoms with van der Waals surface area (Å²) < 4.78 is 18.9. The van der Waals surface area contributed by atoms with Crippen LogP contribution >= 0.6 is 0 Å². The van der Waals surface area contributed by atoms with Crippen LogP contribution in [-0.2, 0) is 0 Å². The Kier molecular flexibility index (Phi) is 3.98. The monoisotopic (exact) mass is 274 g/mol. The molecule has 2 aromatic rings. The third-order valence-electron chi connectivity index (χ3n) is 2.61. The summed E-state index contributed by atoms with van der Waals surface area (Å²) in [5, 5.41) is 0. The highest BCUT2D eigenvalue weighted by molar-refractivity contribution is 6.09. The molecule has 4 nitrogen and oxygen atoms in total. The number of nitrogen functional groups attached to an aromatic ring is 1. The van der Waals surface area contributed by atoms with Gasteiger partial charge >= 0.3 is 0 Å². The molecule has 1 aromatic carbocycles. The van der Waals surface area contributed by atoms with Crippen molar-refractivity contribution in [1.82, 2.24) is 4.98 Å². The number of carbonyl (C=O) groups excluding carboxylic acids is 1. The van der Waals surface area contributed by atoms with E-state index in [-0.39, 0.29) is 23.1 Å². The Labute approximate surface area is 116 Å². The maximum atomic E-state index is 13.4. The smallest absolute Gasteiger partial charge is 0.194 e. The van der Waals surface area contributed by atoms with Gasteiger partial charge in [-0.2, -0.15) is 0 Å². The van der Waals surface area contributed by atoms with E-state index >= 15 is 0 Å². The number of carbonyl (C=O) groups is 1. The van der Waals surface area contributed by atoms with Crippen molar-refractivity contribution < 1.29 is 13.9 Å². The second-order valence-electron chi connectivity index (χ2n) is 4.64. The fourth-order valence-corrected chi connectivity index (χ4v) is 1.71. The Bertz CT molecular complexity index is 642. The standard InChI is InChI=1S/C15H15FN2O2/c1-9(2)20-12-5-11(7-18-8-12)15(19)10-3-4-14(17)13(16)6-10/h3-9H,17H2,1-2H3. The van der Waals surface area contributed by atoms with Gasteiger partial charge in [-0.25, -0.2) is 4.39 Å². The van der Waals surface area contributed by atoms with E-state index in [0.717, 1.165) is 6.07 Å². The van der Waals surface area contributed by atoms with Crippen LogP contribution in [0.3, 0.4) is 0 Å². The predicted octanol–water partition coefficient (Wildman–Crippen LogP) is 2.82. The van der Waals surface area contributed by atoms with Gasteiger partial charge < -0.3 is 10.5 Å². The number of hydrogen-bond donors (Lipinski definition) is 1. The lowest BCUT2D eigenvalue weighted by molar-refractivity contribution is 0.103. The summed E-state index contributed by atoms with van der Waals surface area (Å²) >= 11 is 0. The number of hydrogen-bond acceptors (Lipinski definition) is 4. The summed E-state index contributed by atoms with van der Waals surface area (Å²) in [6, 6.07) is 5.55. The van der Waals surface area contributed by atoms with Gasteiger partial charge in [-0.3, -0.25) is 9.78 Å². The Morgan fingerprint density at radius 2 is 2.00 bits per heavy atom. The van der Waals surface area contributed by atoms with Gasteiger partial charge in [-0.1, -0.05) is 0 Å². The van der Waals surface area contributed by atoms with E-state index in [9.17, 15) is 9.18 Å². The number of rotatable bonds is 4. The van der Waals surface area contributed by atoms with E-state index in [1.807, 2.05) is 13.8 Å². The normalized spacial score (nSPS) is 10.6. The molecule has 0 fully saturated rings. The molecule has 0 aliphatic rings. The molecule has 0 saturated heterocycles. The summed E-state index contributed by atoms with van der Waals surface area (Å²) in [4.78, 5) is 16.2. The Morgan fingerprint density at radius 3 is 2.65 bits per heavy atom.